The molecule has 1 atom stereocenters. The molecule has 3 N–H and O–H groups in total. The van der Waals surface area contributed by atoms with Crippen LogP contribution in [-0.2, 0) is 15.8 Å². The molecular formula is C15H19F3N3O2+. The predicted molar refractivity (Wildman–Crippen MR) is 77.9 cm³/mol. The highest BCUT2D eigenvalue weighted by Crippen LogP contribution is 2.30. The highest BCUT2D eigenvalue weighted by molar-refractivity contribution is 5.91. The number of carbonyl (C=O) groups is 2. The Morgan fingerprint density at radius 1 is 1.22 bits per heavy atom. The maximum Gasteiger partial charge on any atom is 0.416 e. The number of anilines is 1. The second-order valence-corrected chi connectivity index (χ2v) is 5.78. The van der Waals surface area contributed by atoms with E-state index in [0.717, 1.165) is 25.0 Å². The molecule has 0 aromatic heterocycles. The summed E-state index contributed by atoms with van der Waals surface area (Å²) in [6.07, 6.45) is -2.48. The molecule has 1 saturated carbocycles. The van der Waals surface area contributed by atoms with E-state index in [2.05, 4.69) is 10.6 Å². The normalized spacial score (nSPS) is 15.8. The summed E-state index contributed by atoms with van der Waals surface area (Å²) >= 11 is 0. The third-order valence-electron chi connectivity index (χ3n) is 3.34. The summed E-state index contributed by atoms with van der Waals surface area (Å²) in [4.78, 5) is 24.1. The van der Waals surface area contributed by atoms with Gasteiger partial charge in [0.2, 0.25) is 0 Å². The number of benzene rings is 1. The SMILES string of the molecule is C[NH+](CC(=O)Nc1cccc(C(F)(F)F)c1)CC(=O)NC1CC1. The number of nitrogens with one attached hydrogen (secondary N) is 3. The summed E-state index contributed by atoms with van der Waals surface area (Å²) in [6.45, 7) is 0.140. The van der Waals surface area contributed by atoms with Gasteiger partial charge in [-0.1, -0.05) is 6.07 Å². The fraction of sp³-hybridized carbons (Fsp3) is 0.467. The lowest BCUT2D eigenvalue weighted by Gasteiger charge is -2.14. The molecular weight excluding hydrogens is 311 g/mol. The molecule has 23 heavy (non-hydrogen) atoms. The van der Waals surface area contributed by atoms with Crippen molar-refractivity contribution in [3.63, 3.8) is 0 Å². The summed E-state index contributed by atoms with van der Waals surface area (Å²) < 4.78 is 37.8. The van der Waals surface area contributed by atoms with Gasteiger partial charge in [0.25, 0.3) is 11.8 Å². The highest BCUT2D eigenvalue weighted by Gasteiger charge is 2.30. The van der Waals surface area contributed by atoms with Crippen molar-refractivity contribution in [2.24, 2.45) is 0 Å². The monoisotopic (exact) mass is 330 g/mol. The number of hydrogen-bond acceptors (Lipinski definition) is 2. The first-order valence-corrected chi connectivity index (χ1v) is 7.32. The van der Waals surface area contributed by atoms with E-state index in [-0.39, 0.29) is 30.7 Å². The van der Waals surface area contributed by atoms with Crippen LogP contribution >= 0.6 is 0 Å². The summed E-state index contributed by atoms with van der Waals surface area (Å²) in [7, 11) is 1.68. The van der Waals surface area contributed by atoms with Crippen LogP contribution < -0.4 is 15.5 Å². The van der Waals surface area contributed by atoms with E-state index in [0.29, 0.717) is 4.90 Å². The summed E-state index contributed by atoms with van der Waals surface area (Å²) in [5.41, 5.74) is -0.736. The summed E-state index contributed by atoms with van der Waals surface area (Å²) in [5, 5.41) is 5.24. The van der Waals surface area contributed by atoms with Crippen molar-refractivity contribution < 1.29 is 27.7 Å². The lowest BCUT2D eigenvalue weighted by molar-refractivity contribution is -0.862. The van der Waals surface area contributed by atoms with E-state index < -0.39 is 17.6 Å². The molecule has 0 bridgehead atoms. The first-order chi connectivity index (χ1) is 10.7. The van der Waals surface area contributed by atoms with Crippen molar-refractivity contribution in [2.45, 2.75) is 25.1 Å². The Kier molecular flexibility index (Phi) is 5.25. The molecule has 126 valence electrons. The Balaban J connectivity index is 1.82. The third-order valence-corrected chi connectivity index (χ3v) is 3.34. The topological polar surface area (TPSA) is 62.6 Å². The molecule has 0 spiro atoms. The highest BCUT2D eigenvalue weighted by atomic mass is 19.4. The molecule has 1 aliphatic rings. The van der Waals surface area contributed by atoms with E-state index in [9.17, 15) is 22.8 Å². The predicted octanol–water partition coefficient (Wildman–Crippen LogP) is 0.437. The standard InChI is InChI=1S/C15H18F3N3O2/c1-21(8-13(22)19-11-5-6-11)9-14(23)20-12-4-2-3-10(7-12)15(16,17)18/h2-4,7,11H,5-6,8-9H2,1H3,(H,19,22)(H,20,23)/p+1. The number of carbonyl (C=O) groups excluding carboxylic acids is 2. The first-order valence-electron chi connectivity index (χ1n) is 7.32. The minimum absolute atomic E-state index is 0.00562. The summed E-state index contributed by atoms with van der Waals surface area (Å²) in [6, 6.07) is 4.71. The first kappa shape index (κ1) is 17.3. The number of halogens is 3. The van der Waals surface area contributed by atoms with Crippen molar-refractivity contribution in [1.82, 2.24) is 5.32 Å². The molecule has 0 aliphatic heterocycles. The van der Waals surface area contributed by atoms with Gasteiger partial charge in [-0.05, 0) is 31.0 Å². The molecule has 0 heterocycles. The van der Waals surface area contributed by atoms with Gasteiger partial charge in [0.05, 0.1) is 12.6 Å². The number of hydrogen-bond donors (Lipinski definition) is 3. The van der Waals surface area contributed by atoms with E-state index in [1.54, 1.807) is 7.05 Å². The molecule has 0 saturated heterocycles. The average Bonchev–Trinajstić information content (AvgIpc) is 3.21. The molecule has 8 heteroatoms. The Hall–Kier alpha value is -2.09. The Morgan fingerprint density at radius 2 is 1.87 bits per heavy atom. The van der Waals surface area contributed by atoms with Crippen LogP contribution in [0.2, 0.25) is 0 Å². The van der Waals surface area contributed by atoms with Crippen molar-refractivity contribution in [1.29, 1.82) is 0 Å². The van der Waals surface area contributed by atoms with Gasteiger partial charge in [0.1, 0.15) is 0 Å². The third kappa shape index (κ3) is 5.90. The molecule has 2 amide bonds. The zero-order valence-corrected chi connectivity index (χ0v) is 12.7. The molecule has 2 rings (SSSR count). The number of rotatable bonds is 6. The number of alkyl halides is 3. The smallest absolute Gasteiger partial charge is 0.348 e. The summed E-state index contributed by atoms with van der Waals surface area (Å²) in [5.74, 6) is -0.571. The zero-order valence-electron chi connectivity index (χ0n) is 12.7. The van der Waals surface area contributed by atoms with Gasteiger partial charge in [-0.15, -0.1) is 0 Å². The maximum atomic E-state index is 12.6. The molecule has 5 nitrogen and oxygen atoms in total. The average molecular weight is 330 g/mol. The Labute approximate surface area is 131 Å². The van der Waals surface area contributed by atoms with Gasteiger partial charge in [-0.25, -0.2) is 0 Å². The number of amides is 2. The van der Waals surface area contributed by atoms with Crippen molar-refractivity contribution in [3.05, 3.63) is 29.8 Å². The van der Waals surface area contributed by atoms with Crippen LogP contribution in [0.1, 0.15) is 18.4 Å². The molecule has 1 unspecified atom stereocenters. The van der Waals surface area contributed by atoms with Crippen LogP contribution in [-0.4, -0.2) is 38.0 Å². The number of likely N-dealkylation sites (N-methyl/N-ethyl adjacent to an activating group) is 1. The molecule has 1 aliphatic carbocycles. The second kappa shape index (κ2) is 6.99. The fourth-order valence-corrected chi connectivity index (χ4v) is 2.10. The van der Waals surface area contributed by atoms with Gasteiger partial charge < -0.3 is 15.5 Å². The van der Waals surface area contributed by atoms with Crippen LogP contribution in [0.25, 0.3) is 0 Å². The maximum absolute atomic E-state index is 12.6. The Morgan fingerprint density at radius 3 is 2.48 bits per heavy atom. The van der Waals surface area contributed by atoms with E-state index in [1.807, 2.05) is 0 Å². The molecule has 0 radical (unpaired) electrons. The van der Waals surface area contributed by atoms with Crippen LogP contribution in [0.5, 0.6) is 0 Å². The van der Waals surface area contributed by atoms with Crippen LogP contribution in [0, 0.1) is 0 Å². The largest absolute Gasteiger partial charge is 0.416 e. The Bertz CT molecular complexity index is 586. The van der Waals surface area contributed by atoms with Gasteiger partial charge in [0, 0.05) is 11.7 Å². The minimum Gasteiger partial charge on any atom is -0.348 e. The minimum atomic E-state index is -4.45. The van der Waals surface area contributed by atoms with E-state index >= 15 is 0 Å². The van der Waals surface area contributed by atoms with Gasteiger partial charge >= 0.3 is 6.18 Å². The van der Waals surface area contributed by atoms with Gasteiger partial charge in [0.15, 0.2) is 13.1 Å². The van der Waals surface area contributed by atoms with Crippen molar-refractivity contribution in [2.75, 3.05) is 25.5 Å². The quantitative estimate of drug-likeness (QED) is 0.709. The van der Waals surface area contributed by atoms with Gasteiger partial charge in [-0.2, -0.15) is 13.2 Å². The van der Waals surface area contributed by atoms with E-state index in [4.69, 9.17) is 0 Å². The molecule has 1 aromatic rings. The lowest BCUT2D eigenvalue weighted by Crippen LogP contribution is -3.11. The zero-order chi connectivity index (χ0) is 17.0. The van der Waals surface area contributed by atoms with Crippen LogP contribution in [0.3, 0.4) is 0 Å². The van der Waals surface area contributed by atoms with Crippen LogP contribution in [0.15, 0.2) is 24.3 Å². The van der Waals surface area contributed by atoms with Crippen molar-refractivity contribution >= 4 is 17.5 Å². The van der Waals surface area contributed by atoms with Crippen LogP contribution in [0.4, 0.5) is 18.9 Å². The molecule has 1 aromatic carbocycles. The van der Waals surface area contributed by atoms with Crippen molar-refractivity contribution in [3.8, 4) is 0 Å². The second-order valence-electron chi connectivity index (χ2n) is 5.78. The van der Waals surface area contributed by atoms with E-state index in [1.165, 1.54) is 12.1 Å². The molecule has 1 fully saturated rings. The lowest BCUT2D eigenvalue weighted by atomic mass is 10.2. The fourth-order valence-electron chi connectivity index (χ4n) is 2.10. The number of quaternary nitrogens is 1. The van der Waals surface area contributed by atoms with Gasteiger partial charge in [-0.3, -0.25) is 9.59 Å².